The lowest BCUT2D eigenvalue weighted by molar-refractivity contribution is 0.397. The summed E-state index contributed by atoms with van der Waals surface area (Å²) in [6.45, 7) is 1.96. The fraction of sp³-hybridized carbons (Fsp3) is 0.143. The highest BCUT2D eigenvalue weighted by Gasteiger charge is 2.19. The quantitative estimate of drug-likeness (QED) is 0.486. The van der Waals surface area contributed by atoms with E-state index in [1.54, 1.807) is 6.07 Å². The van der Waals surface area contributed by atoms with Gasteiger partial charge in [0.05, 0.1) is 7.11 Å². The number of nitrogens with one attached hydrogen (secondary N) is 2. The van der Waals surface area contributed by atoms with Gasteiger partial charge in [-0.15, -0.1) is 0 Å². The van der Waals surface area contributed by atoms with Crippen molar-refractivity contribution < 1.29 is 17.7 Å². The van der Waals surface area contributed by atoms with E-state index in [0.717, 1.165) is 22.6 Å². The van der Waals surface area contributed by atoms with Crippen molar-refractivity contribution in [3.63, 3.8) is 0 Å². The summed E-state index contributed by atoms with van der Waals surface area (Å²) in [5.41, 5.74) is 4.18. The Morgan fingerprint density at radius 1 is 0.893 bits per heavy atom. The molecule has 0 saturated carbocycles. The Morgan fingerprint density at radius 2 is 1.46 bits per heavy atom. The molecular weight excluding hydrogens is 376 g/mol. The Balaban J connectivity index is 1.86. The molecule has 0 aromatic heterocycles. The number of ether oxygens (including phenoxy) is 1. The molecule has 0 saturated heterocycles. The van der Waals surface area contributed by atoms with Gasteiger partial charge < -0.3 is 15.4 Å². The predicted molar refractivity (Wildman–Crippen MR) is 112 cm³/mol. The standard InChI is InChI=1S/C21H22N2O4S/c1-3-15-13-20(27-2)21(28(24,25)26)14-19(15)23-18-11-9-17(10-12-18)22-16-7-5-4-6-8-16/h4-14,22-23H,3H2,1-2H3,(H,24,25,26). The lowest BCUT2D eigenvalue weighted by atomic mass is 10.1. The van der Waals surface area contributed by atoms with Crippen molar-refractivity contribution >= 4 is 32.9 Å². The zero-order valence-electron chi connectivity index (χ0n) is 15.6. The number of aryl methyl sites for hydroxylation is 1. The summed E-state index contributed by atoms with van der Waals surface area (Å²) in [6.07, 6.45) is 0.665. The third-order valence-electron chi connectivity index (χ3n) is 4.27. The first-order valence-corrected chi connectivity index (χ1v) is 10.2. The van der Waals surface area contributed by atoms with Crippen molar-refractivity contribution in [1.29, 1.82) is 0 Å². The maximum absolute atomic E-state index is 11.7. The van der Waals surface area contributed by atoms with E-state index in [9.17, 15) is 13.0 Å². The van der Waals surface area contributed by atoms with Gasteiger partial charge in [-0.1, -0.05) is 25.1 Å². The van der Waals surface area contributed by atoms with Crippen molar-refractivity contribution in [3.8, 4) is 5.75 Å². The van der Waals surface area contributed by atoms with Gasteiger partial charge in [0, 0.05) is 22.7 Å². The lowest BCUT2D eigenvalue weighted by Gasteiger charge is -2.15. The molecule has 0 amide bonds. The summed E-state index contributed by atoms with van der Waals surface area (Å²) >= 11 is 0. The Hall–Kier alpha value is -3.03. The van der Waals surface area contributed by atoms with E-state index in [-0.39, 0.29) is 10.6 Å². The summed E-state index contributed by atoms with van der Waals surface area (Å²) in [5.74, 6) is 0.118. The lowest BCUT2D eigenvalue weighted by Crippen LogP contribution is -2.05. The van der Waals surface area contributed by atoms with Gasteiger partial charge in [-0.25, -0.2) is 0 Å². The average molecular weight is 398 g/mol. The second-order valence-corrected chi connectivity index (χ2v) is 7.57. The minimum Gasteiger partial charge on any atom is -0.495 e. The van der Waals surface area contributed by atoms with Crippen LogP contribution in [0.3, 0.4) is 0 Å². The molecule has 28 heavy (non-hydrogen) atoms. The van der Waals surface area contributed by atoms with Gasteiger partial charge in [0.1, 0.15) is 10.6 Å². The molecule has 3 aromatic rings. The maximum atomic E-state index is 11.7. The minimum absolute atomic E-state index is 0.118. The Bertz CT molecular complexity index is 1050. The van der Waals surface area contributed by atoms with E-state index in [1.807, 2.05) is 61.5 Å². The van der Waals surface area contributed by atoms with Crippen molar-refractivity contribution in [3.05, 3.63) is 72.3 Å². The summed E-state index contributed by atoms with van der Waals surface area (Å²) < 4.78 is 38.0. The van der Waals surface area contributed by atoms with Crippen LogP contribution in [0.25, 0.3) is 0 Å². The number of anilines is 4. The highest BCUT2D eigenvalue weighted by molar-refractivity contribution is 7.86. The van der Waals surface area contributed by atoms with Crippen LogP contribution in [0.4, 0.5) is 22.7 Å². The van der Waals surface area contributed by atoms with Crippen LogP contribution in [0.1, 0.15) is 12.5 Å². The fourth-order valence-corrected chi connectivity index (χ4v) is 3.52. The molecule has 0 radical (unpaired) electrons. The molecule has 0 fully saturated rings. The van der Waals surface area contributed by atoms with Crippen LogP contribution in [0.2, 0.25) is 0 Å². The zero-order valence-corrected chi connectivity index (χ0v) is 16.5. The molecule has 0 bridgehead atoms. The molecule has 0 aliphatic rings. The van der Waals surface area contributed by atoms with Crippen LogP contribution in [-0.2, 0) is 16.5 Å². The van der Waals surface area contributed by atoms with Gasteiger partial charge >= 0.3 is 0 Å². The van der Waals surface area contributed by atoms with Crippen LogP contribution in [0.15, 0.2) is 71.6 Å². The van der Waals surface area contributed by atoms with Crippen molar-refractivity contribution in [2.75, 3.05) is 17.7 Å². The maximum Gasteiger partial charge on any atom is 0.298 e. The normalized spacial score (nSPS) is 11.1. The number of hydrogen-bond donors (Lipinski definition) is 3. The molecule has 146 valence electrons. The van der Waals surface area contributed by atoms with Gasteiger partial charge in [-0.3, -0.25) is 4.55 Å². The summed E-state index contributed by atoms with van der Waals surface area (Å²) in [4.78, 5) is -0.267. The topological polar surface area (TPSA) is 87.7 Å². The van der Waals surface area contributed by atoms with E-state index < -0.39 is 10.1 Å². The third-order valence-corrected chi connectivity index (χ3v) is 5.15. The van der Waals surface area contributed by atoms with E-state index in [0.29, 0.717) is 12.1 Å². The van der Waals surface area contributed by atoms with Gasteiger partial charge in [-0.2, -0.15) is 8.42 Å². The van der Waals surface area contributed by atoms with Crippen molar-refractivity contribution in [2.45, 2.75) is 18.2 Å². The Labute approximate surface area is 164 Å². The van der Waals surface area contributed by atoms with Crippen LogP contribution >= 0.6 is 0 Å². The van der Waals surface area contributed by atoms with E-state index in [2.05, 4.69) is 10.6 Å². The molecule has 0 atom stereocenters. The van der Waals surface area contributed by atoms with Crippen LogP contribution in [0, 0.1) is 0 Å². The number of benzene rings is 3. The molecule has 0 aliphatic heterocycles. The summed E-state index contributed by atoms with van der Waals surface area (Å²) in [7, 11) is -3.03. The average Bonchev–Trinajstić information content (AvgIpc) is 2.69. The highest BCUT2D eigenvalue weighted by atomic mass is 32.2. The molecule has 3 rings (SSSR count). The van der Waals surface area contributed by atoms with Crippen LogP contribution < -0.4 is 15.4 Å². The van der Waals surface area contributed by atoms with Gasteiger partial charge in [0.25, 0.3) is 10.1 Å². The largest absolute Gasteiger partial charge is 0.495 e. The number of rotatable bonds is 7. The molecule has 0 spiro atoms. The highest BCUT2D eigenvalue weighted by Crippen LogP contribution is 2.33. The van der Waals surface area contributed by atoms with Crippen molar-refractivity contribution in [2.24, 2.45) is 0 Å². The van der Waals surface area contributed by atoms with Crippen LogP contribution in [0.5, 0.6) is 5.75 Å². The monoisotopic (exact) mass is 398 g/mol. The van der Waals surface area contributed by atoms with Gasteiger partial charge in [0.15, 0.2) is 0 Å². The first-order valence-electron chi connectivity index (χ1n) is 8.78. The zero-order chi connectivity index (χ0) is 20.1. The molecule has 7 heteroatoms. The summed E-state index contributed by atoms with van der Waals surface area (Å²) in [5, 5.41) is 6.52. The number of methoxy groups -OCH3 is 1. The Kier molecular flexibility index (Phi) is 5.87. The first-order chi connectivity index (χ1) is 13.4. The predicted octanol–water partition coefficient (Wildman–Crippen LogP) is 4.99. The fourth-order valence-electron chi connectivity index (χ4n) is 2.85. The minimum atomic E-state index is -4.40. The van der Waals surface area contributed by atoms with Crippen LogP contribution in [-0.4, -0.2) is 20.1 Å². The molecule has 0 aliphatic carbocycles. The summed E-state index contributed by atoms with van der Waals surface area (Å²) in [6, 6.07) is 20.5. The molecular formula is C21H22N2O4S. The second kappa shape index (κ2) is 8.33. The number of para-hydroxylation sites is 1. The van der Waals surface area contributed by atoms with E-state index >= 15 is 0 Å². The first kappa shape index (κ1) is 19.7. The van der Waals surface area contributed by atoms with Gasteiger partial charge in [-0.05, 0) is 60.5 Å². The Morgan fingerprint density at radius 3 is 2.00 bits per heavy atom. The number of hydrogen-bond acceptors (Lipinski definition) is 5. The van der Waals surface area contributed by atoms with E-state index in [4.69, 9.17) is 4.74 Å². The van der Waals surface area contributed by atoms with Gasteiger partial charge in [0.2, 0.25) is 0 Å². The smallest absolute Gasteiger partial charge is 0.298 e. The molecule has 6 nitrogen and oxygen atoms in total. The molecule has 0 unspecified atom stereocenters. The molecule has 3 N–H and O–H groups in total. The molecule has 0 heterocycles. The second-order valence-electron chi connectivity index (χ2n) is 6.18. The van der Waals surface area contributed by atoms with E-state index in [1.165, 1.54) is 13.2 Å². The van der Waals surface area contributed by atoms with Crippen molar-refractivity contribution in [1.82, 2.24) is 0 Å². The third kappa shape index (κ3) is 4.62. The SMILES string of the molecule is CCc1cc(OC)c(S(=O)(=O)O)cc1Nc1ccc(Nc2ccccc2)cc1. The molecule has 3 aromatic carbocycles.